The standard InChI is InChI=1S/C19H25N3O2/c1-14(23)22(12-10-20-19(24)15-5-4-6-15)11-9-16-13-21-18-8-3-2-7-17(16)18/h2-3,7-8,13,15,21H,4-6,9-12H2,1H3,(H,20,24). The third-order valence-electron chi connectivity index (χ3n) is 4.93. The van der Waals surface area contributed by atoms with Gasteiger partial charge < -0.3 is 15.2 Å². The molecule has 1 saturated carbocycles. The molecule has 1 aliphatic carbocycles. The van der Waals surface area contributed by atoms with Crippen LogP contribution < -0.4 is 5.32 Å². The van der Waals surface area contributed by atoms with Gasteiger partial charge in [0.25, 0.3) is 0 Å². The third kappa shape index (κ3) is 3.78. The molecule has 128 valence electrons. The summed E-state index contributed by atoms with van der Waals surface area (Å²) in [4.78, 5) is 28.8. The van der Waals surface area contributed by atoms with E-state index in [1.165, 1.54) is 10.9 Å². The molecule has 0 saturated heterocycles. The number of H-pyrrole nitrogens is 1. The van der Waals surface area contributed by atoms with E-state index in [0.29, 0.717) is 19.6 Å². The number of carbonyl (C=O) groups is 2. The summed E-state index contributed by atoms with van der Waals surface area (Å²) >= 11 is 0. The Labute approximate surface area is 142 Å². The van der Waals surface area contributed by atoms with Gasteiger partial charge in [-0.2, -0.15) is 0 Å². The highest BCUT2D eigenvalue weighted by Gasteiger charge is 2.24. The van der Waals surface area contributed by atoms with Crippen LogP contribution in [0.4, 0.5) is 0 Å². The molecule has 0 unspecified atom stereocenters. The van der Waals surface area contributed by atoms with Crippen LogP contribution in [0.5, 0.6) is 0 Å². The summed E-state index contributed by atoms with van der Waals surface area (Å²) in [7, 11) is 0. The average Bonchev–Trinajstić information content (AvgIpc) is 2.92. The summed E-state index contributed by atoms with van der Waals surface area (Å²) in [5.41, 5.74) is 2.34. The Bertz CT molecular complexity index is 718. The van der Waals surface area contributed by atoms with Gasteiger partial charge >= 0.3 is 0 Å². The van der Waals surface area contributed by atoms with E-state index in [1.54, 1.807) is 6.92 Å². The number of nitrogens with zero attached hydrogens (tertiary/aromatic N) is 1. The fourth-order valence-electron chi connectivity index (χ4n) is 3.15. The summed E-state index contributed by atoms with van der Waals surface area (Å²) in [6, 6.07) is 8.18. The van der Waals surface area contributed by atoms with Crippen molar-refractivity contribution in [1.29, 1.82) is 0 Å². The van der Waals surface area contributed by atoms with Gasteiger partial charge in [0, 0.05) is 49.6 Å². The number of benzene rings is 1. The lowest BCUT2D eigenvalue weighted by Crippen LogP contribution is -2.41. The summed E-state index contributed by atoms with van der Waals surface area (Å²) < 4.78 is 0. The lowest BCUT2D eigenvalue weighted by molar-refractivity contribution is -0.130. The largest absolute Gasteiger partial charge is 0.361 e. The van der Waals surface area contributed by atoms with Crippen LogP contribution in [0.3, 0.4) is 0 Å². The molecule has 0 bridgehead atoms. The molecule has 2 N–H and O–H groups in total. The third-order valence-corrected chi connectivity index (χ3v) is 4.93. The van der Waals surface area contributed by atoms with Crippen LogP contribution in [0.1, 0.15) is 31.7 Å². The predicted octanol–water partition coefficient (Wildman–Crippen LogP) is 2.48. The van der Waals surface area contributed by atoms with Crippen molar-refractivity contribution in [3.05, 3.63) is 36.0 Å². The van der Waals surface area contributed by atoms with E-state index in [0.717, 1.165) is 31.2 Å². The molecule has 0 aliphatic heterocycles. The summed E-state index contributed by atoms with van der Waals surface area (Å²) in [6.07, 6.45) is 5.98. The fraction of sp³-hybridized carbons (Fsp3) is 0.474. The monoisotopic (exact) mass is 327 g/mol. The van der Waals surface area contributed by atoms with Gasteiger partial charge in [0.2, 0.25) is 11.8 Å². The molecule has 0 atom stereocenters. The van der Waals surface area contributed by atoms with Gasteiger partial charge in [0.1, 0.15) is 0 Å². The van der Waals surface area contributed by atoms with E-state index in [-0.39, 0.29) is 17.7 Å². The van der Waals surface area contributed by atoms with Gasteiger partial charge in [0.15, 0.2) is 0 Å². The van der Waals surface area contributed by atoms with Crippen LogP contribution in [-0.4, -0.2) is 41.3 Å². The molecule has 24 heavy (non-hydrogen) atoms. The number of nitrogens with one attached hydrogen (secondary N) is 2. The van der Waals surface area contributed by atoms with Gasteiger partial charge in [-0.25, -0.2) is 0 Å². The molecule has 2 aromatic rings. The molecule has 0 radical (unpaired) electrons. The van der Waals surface area contributed by atoms with Crippen LogP contribution in [-0.2, 0) is 16.0 Å². The smallest absolute Gasteiger partial charge is 0.223 e. The first-order valence-corrected chi connectivity index (χ1v) is 8.73. The van der Waals surface area contributed by atoms with Gasteiger partial charge in [-0.05, 0) is 30.9 Å². The zero-order valence-corrected chi connectivity index (χ0v) is 14.2. The number of hydrogen-bond donors (Lipinski definition) is 2. The number of amides is 2. The second-order valence-electron chi connectivity index (χ2n) is 6.53. The van der Waals surface area contributed by atoms with Crippen molar-refractivity contribution in [3.8, 4) is 0 Å². The van der Waals surface area contributed by atoms with Crippen LogP contribution >= 0.6 is 0 Å². The second-order valence-corrected chi connectivity index (χ2v) is 6.53. The van der Waals surface area contributed by atoms with Crippen LogP contribution in [0.15, 0.2) is 30.5 Å². The molecule has 1 aromatic carbocycles. The van der Waals surface area contributed by atoms with Crippen molar-refractivity contribution in [2.45, 2.75) is 32.6 Å². The summed E-state index contributed by atoms with van der Waals surface area (Å²) in [6.45, 7) is 3.35. The van der Waals surface area contributed by atoms with E-state index in [1.807, 2.05) is 23.2 Å². The minimum absolute atomic E-state index is 0.0488. The normalized spacial score (nSPS) is 14.4. The predicted molar refractivity (Wildman–Crippen MR) is 94.6 cm³/mol. The number of para-hydroxylation sites is 1. The molecule has 0 spiro atoms. The molecule has 3 rings (SSSR count). The van der Waals surface area contributed by atoms with Crippen molar-refractivity contribution in [3.63, 3.8) is 0 Å². The minimum atomic E-state index is 0.0488. The number of hydrogen-bond acceptors (Lipinski definition) is 2. The summed E-state index contributed by atoms with van der Waals surface area (Å²) in [5, 5.41) is 4.16. The second kappa shape index (κ2) is 7.51. The maximum absolute atomic E-state index is 11.8. The van der Waals surface area contributed by atoms with E-state index in [4.69, 9.17) is 0 Å². The highest BCUT2D eigenvalue weighted by atomic mass is 16.2. The van der Waals surface area contributed by atoms with Crippen molar-refractivity contribution in [1.82, 2.24) is 15.2 Å². The number of aromatic amines is 1. The van der Waals surface area contributed by atoms with Gasteiger partial charge in [-0.3, -0.25) is 9.59 Å². The van der Waals surface area contributed by atoms with Crippen molar-refractivity contribution >= 4 is 22.7 Å². The zero-order chi connectivity index (χ0) is 16.9. The Hall–Kier alpha value is -2.30. The highest BCUT2D eigenvalue weighted by molar-refractivity contribution is 5.83. The quantitative estimate of drug-likeness (QED) is 0.820. The first-order chi connectivity index (χ1) is 11.6. The first kappa shape index (κ1) is 16.6. The van der Waals surface area contributed by atoms with Crippen LogP contribution in [0.2, 0.25) is 0 Å². The van der Waals surface area contributed by atoms with E-state index < -0.39 is 0 Å². The molecule has 1 aromatic heterocycles. The Kier molecular flexibility index (Phi) is 5.18. The van der Waals surface area contributed by atoms with Crippen molar-refractivity contribution in [2.75, 3.05) is 19.6 Å². The topological polar surface area (TPSA) is 65.2 Å². The molecule has 5 heteroatoms. The Morgan fingerprint density at radius 2 is 2.04 bits per heavy atom. The van der Waals surface area contributed by atoms with Crippen LogP contribution in [0, 0.1) is 5.92 Å². The number of carbonyl (C=O) groups excluding carboxylic acids is 2. The van der Waals surface area contributed by atoms with Crippen LogP contribution in [0.25, 0.3) is 10.9 Å². The van der Waals surface area contributed by atoms with E-state index in [2.05, 4.69) is 22.4 Å². The molecule has 1 fully saturated rings. The van der Waals surface area contributed by atoms with Gasteiger partial charge in [-0.15, -0.1) is 0 Å². The number of rotatable bonds is 7. The lowest BCUT2D eigenvalue weighted by Gasteiger charge is -2.25. The number of aromatic nitrogens is 1. The molecule has 1 heterocycles. The molecule has 2 amide bonds. The first-order valence-electron chi connectivity index (χ1n) is 8.73. The Morgan fingerprint density at radius 1 is 1.25 bits per heavy atom. The fourth-order valence-corrected chi connectivity index (χ4v) is 3.15. The van der Waals surface area contributed by atoms with Gasteiger partial charge in [0.05, 0.1) is 0 Å². The van der Waals surface area contributed by atoms with E-state index >= 15 is 0 Å². The number of fused-ring (bicyclic) bond motifs is 1. The summed E-state index contributed by atoms with van der Waals surface area (Å²) in [5.74, 6) is 0.385. The highest BCUT2D eigenvalue weighted by Crippen LogP contribution is 2.26. The Balaban J connectivity index is 1.50. The average molecular weight is 327 g/mol. The zero-order valence-electron chi connectivity index (χ0n) is 14.2. The SMILES string of the molecule is CC(=O)N(CCNC(=O)C1CCC1)CCc1c[nH]c2ccccc12. The molecule has 1 aliphatic rings. The maximum Gasteiger partial charge on any atom is 0.223 e. The minimum Gasteiger partial charge on any atom is -0.361 e. The maximum atomic E-state index is 11.8. The molecular formula is C19H25N3O2. The van der Waals surface area contributed by atoms with Crippen molar-refractivity contribution in [2.24, 2.45) is 5.92 Å². The lowest BCUT2D eigenvalue weighted by atomic mass is 9.85. The van der Waals surface area contributed by atoms with Crippen molar-refractivity contribution < 1.29 is 9.59 Å². The Morgan fingerprint density at radius 3 is 2.75 bits per heavy atom. The van der Waals surface area contributed by atoms with E-state index in [9.17, 15) is 9.59 Å². The van der Waals surface area contributed by atoms with Gasteiger partial charge in [-0.1, -0.05) is 24.6 Å². The molecule has 5 nitrogen and oxygen atoms in total. The molecular weight excluding hydrogens is 302 g/mol.